The molecule has 2 amide bonds. The van der Waals surface area contributed by atoms with E-state index in [1.54, 1.807) is 12.0 Å². The molecule has 188 valence electrons. The maximum Gasteiger partial charge on any atom is 0.271 e. The standard InChI is InChI=1S/C30H35N3O3/c1-21-13-15-24(16-14-21)31-29(35)30(2)20-32-25(22-9-5-4-6-10-22)17-18-26(32)28(34)33(30)19-23-11-7-8-12-27(23)36-3/h4-12,17-18,21,24H,13-16,19-20H2,1-3H3,(H,31,35)/t21?,24?,30-/m1/s1. The van der Waals surface area contributed by atoms with E-state index in [2.05, 4.69) is 12.2 Å². The summed E-state index contributed by atoms with van der Waals surface area (Å²) in [6, 6.07) is 21.7. The second-order valence-electron chi connectivity index (χ2n) is 10.5. The molecular formula is C30H35N3O3. The molecule has 1 fully saturated rings. The number of benzene rings is 2. The molecule has 1 aromatic heterocycles. The maximum atomic E-state index is 14.0. The molecular weight excluding hydrogens is 450 g/mol. The Bertz CT molecular complexity index is 1240. The lowest BCUT2D eigenvalue weighted by Gasteiger charge is -2.45. The first-order valence-corrected chi connectivity index (χ1v) is 12.9. The molecule has 0 bridgehead atoms. The van der Waals surface area contributed by atoms with Crippen LogP contribution in [0.15, 0.2) is 66.7 Å². The number of nitrogens with zero attached hydrogens (tertiary/aromatic N) is 2. The SMILES string of the molecule is COc1ccccc1CN1C(=O)c2ccc(-c3ccccc3)n2C[C@]1(C)C(=O)NC1CCC(C)CC1. The molecule has 2 aromatic carbocycles. The molecule has 36 heavy (non-hydrogen) atoms. The summed E-state index contributed by atoms with van der Waals surface area (Å²) in [7, 11) is 1.63. The third-order valence-electron chi connectivity index (χ3n) is 7.94. The third kappa shape index (κ3) is 4.41. The number of aromatic nitrogens is 1. The molecule has 2 heterocycles. The van der Waals surface area contributed by atoms with Crippen molar-refractivity contribution in [1.82, 2.24) is 14.8 Å². The lowest BCUT2D eigenvalue weighted by molar-refractivity contribution is -0.134. The Morgan fingerprint density at radius 1 is 0.972 bits per heavy atom. The molecule has 0 saturated heterocycles. The smallest absolute Gasteiger partial charge is 0.271 e. The van der Waals surface area contributed by atoms with Crippen LogP contribution in [0.2, 0.25) is 0 Å². The van der Waals surface area contributed by atoms with Crippen molar-refractivity contribution in [3.63, 3.8) is 0 Å². The Hall–Kier alpha value is -3.54. The van der Waals surface area contributed by atoms with Gasteiger partial charge in [0.15, 0.2) is 0 Å². The first kappa shape index (κ1) is 24.2. The molecule has 1 atom stereocenters. The van der Waals surface area contributed by atoms with Crippen molar-refractivity contribution in [3.05, 3.63) is 78.0 Å². The van der Waals surface area contributed by atoms with E-state index in [4.69, 9.17) is 4.74 Å². The van der Waals surface area contributed by atoms with Crippen molar-refractivity contribution in [2.24, 2.45) is 5.92 Å². The number of rotatable bonds is 6. The minimum absolute atomic E-state index is 0.0938. The predicted octanol–water partition coefficient (Wildman–Crippen LogP) is 5.27. The lowest BCUT2D eigenvalue weighted by atomic mass is 9.86. The number of carbonyl (C=O) groups excluding carboxylic acids is 2. The fourth-order valence-electron chi connectivity index (χ4n) is 5.63. The molecule has 1 N–H and O–H groups in total. The molecule has 5 rings (SSSR count). The van der Waals surface area contributed by atoms with Gasteiger partial charge in [0, 0.05) is 17.3 Å². The Balaban J connectivity index is 1.53. The fraction of sp³-hybridized carbons (Fsp3) is 0.400. The van der Waals surface area contributed by atoms with Crippen LogP contribution in [0, 0.1) is 5.92 Å². The van der Waals surface area contributed by atoms with Crippen LogP contribution in [0.25, 0.3) is 11.3 Å². The van der Waals surface area contributed by atoms with E-state index in [-0.39, 0.29) is 17.9 Å². The number of hydrogen-bond donors (Lipinski definition) is 1. The largest absolute Gasteiger partial charge is 0.496 e. The first-order chi connectivity index (χ1) is 17.4. The van der Waals surface area contributed by atoms with Crippen LogP contribution >= 0.6 is 0 Å². The van der Waals surface area contributed by atoms with Crippen LogP contribution in [-0.2, 0) is 17.9 Å². The van der Waals surface area contributed by atoms with Gasteiger partial charge in [0.1, 0.15) is 17.0 Å². The lowest BCUT2D eigenvalue weighted by Crippen LogP contribution is -2.64. The first-order valence-electron chi connectivity index (χ1n) is 12.9. The zero-order valence-corrected chi connectivity index (χ0v) is 21.4. The van der Waals surface area contributed by atoms with Gasteiger partial charge in [-0.15, -0.1) is 0 Å². The second-order valence-corrected chi connectivity index (χ2v) is 10.5. The zero-order valence-electron chi connectivity index (χ0n) is 21.4. The summed E-state index contributed by atoms with van der Waals surface area (Å²) in [6.45, 7) is 4.85. The third-order valence-corrected chi connectivity index (χ3v) is 7.94. The fourth-order valence-corrected chi connectivity index (χ4v) is 5.63. The van der Waals surface area contributed by atoms with Gasteiger partial charge in [-0.05, 0) is 62.3 Å². The van der Waals surface area contributed by atoms with Crippen LogP contribution in [0.3, 0.4) is 0 Å². The highest BCUT2D eigenvalue weighted by Crippen LogP contribution is 2.36. The number of methoxy groups -OCH3 is 1. The van der Waals surface area contributed by atoms with Gasteiger partial charge in [-0.2, -0.15) is 0 Å². The van der Waals surface area contributed by atoms with Crippen LogP contribution in [0.4, 0.5) is 0 Å². The summed E-state index contributed by atoms with van der Waals surface area (Å²) in [6.07, 6.45) is 4.19. The number of para-hydroxylation sites is 1. The van der Waals surface area contributed by atoms with Crippen molar-refractivity contribution in [2.45, 2.75) is 64.2 Å². The van der Waals surface area contributed by atoms with E-state index in [1.807, 2.05) is 78.2 Å². The van der Waals surface area contributed by atoms with Crippen molar-refractivity contribution >= 4 is 11.8 Å². The van der Waals surface area contributed by atoms with Crippen molar-refractivity contribution in [3.8, 4) is 17.0 Å². The highest BCUT2D eigenvalue weighted by molar-refractivity contribution is 6.00. The second kappa shape index (κ2) is 9.84. The molecule has 0 unspecified atom stereocenters. The minimum Gasteiger partial charge on any atom is -0.496 e. The number of hydrogen-bond acceptors (Lipinski definition) is 3. The van der Waals surface area contributed by atoms with Gasteiger partial charge in [-0.3, -0.25) is 9.59 Å². The zero-order chi connectivity index (χ0) is 25.3. The molecule has 1 saturated carbocycles. The van der Waals surface area contributed by atoms with Gasteiger partial charge in [-0.25, -0.2) is 0 Å². The van der Waals surface area contributed by atoms with E-state index in [9.17, 15) is 9.59 Å². The molecule has 6 nitrogen and oxygen atoms in total. The van der Waals surface area contributed by atoms with E-state index >= 15 is 0 Å². The van der Waals surface area contributed by atoms with Gasteiger partial charge in [0.25, 0.3) is 5.91 Å². The maximum absolute atomic E-state index is 14.0. The summed E-state index contributed by atoms with van der Waals surface area (Å²) in [4.78, 5) is 29.7. The summed E-state index contributed by atoms with van der Waals surface area (Å²) >= 11 is 0. The monoisotopic (exact) mass is 485 g/mol. The van der Waals surface area contributed by atoms with E-state index in [0.29, 0.717) is 30.5 Å². The van der Waals surface area contributed by atoms with Gasteiger partial charge < -0.3 is 19.5 Å². The Morgan fingerprint density at radius 3 is 2.36 bits per heavy atom. The van der Waals surface area contributed by atoms with Gasteiger partial charge >= 0.3 is 0 Å². The molecule has 1 aliphatic carbocycles. The van der Waals surface area contributed by atoms with Crippen molar-refractivity contribution in [1.29, 1.82) is 0 Å². The average Bonchev–Trinajstić information content (AvgIpc) is 3.32. The molecule has 0 spiro atoms. The van der Waals surface area contributed by atoms with Gasteiger partial charge in [0.2, 0.25) is 5.91 Å². The molecule has 2 aliphatic rings. The van der Waals surface area contributed by atoms with Crippen LogP contribution in [-0.4, -0.2) is 40.0 Å². The summed E-state index contributed by atoms with van der Waals surface area (Å²) in [5.41, 5.74) is 2.39. The highest BCUT2D eigenvalue weighted by Gasteiger charge is 2.48. The molecule has 1 aliphatic heterocycles. The van der Waals surface area contributed by atoms with Crippen LogP contribution in [0.5, 0.6) is 5.75 Å². The Labute approximate surface area is 213 Å². The van der Waals surface area contributed by atoms with Crippen molar-refractivity contribution in [2.75, 3.05) is 7.11 Å². The van der Waals surface area contributed by atoms with Crippen LogP contribution < -0.4 is 10.1 Å². The molecule has 3 aromatic rings. The Morgan fingerprint density at radius 2 is 1.64 bits per heavy atom. The predicted molar refractivity (Wildman–Crippen MR) is 141 cm³/mol. The number of ether oxygens (including phenoxy) is 1. The van der Waals surface area contributed by atoms with Gasteiger partial charge in [0.05, 0.1) is 20.2 Å². The summed E-state index contributed by atoms with van der Waals surface area (Å²) in [5.74, 6) is 1.16. The highest BCUT2D eigenvalue weighted by atomic mass is 16.5. The van der Waals surface area contributed by atoms with E-state index < -0.39 is 5.54 Å². The number of fused-ring (bicyclic) bond motifs is 1. The minimum atomic E-state index is -1.06. The van der Waals surface area contributed by atoms with Gasteiger partial charge in [-0.1, -0.05) is 55.5 Å². The van der Waals surface area contributed by atoms with Crippen LogP contribution in [0.1, 0.15) is 55.6 Å². The topological polar surface area (TPSA) is 63.6 Å². The summed E-state index contributed by atoms with van der Waals surface area (Å²) < 4.78 is 7.58. The van der Waals surface area contributed by atoms with Crippen molar-refractivity contribution < 1.29 is 14.3 Å². The average molecular weight is 486 g/mol. The molecule has 0 radical (unpaired) electrons. The Kier molecular flexibility index (Phi) is 6.61. The quantitative estimate of drug-likeness (QED) is 0.517. The number of carbonyl (C=O) groups is 2. The number of nitrogens with one attached hydrogen (secondary N) is 1. The molecule has 6 heteroatoms. The van der Waals surface area contributed by atoms with E-state index in [1.165, 1.54) is 0 Å². The van der Waals surface area contributed by atoms with E-state index in [0.717, 1.165) is 42.5 Å². The summed E-state index contributed by atoms with van der Waals surface area (Å²) in [5, 5.41) is 3.32. The number of amides is 2. The normalized spacial score (nSPS) is 23.8.